The zero-order valence-electron chi connectivity index (χ0n) is 10.4. The van der Waals surface area contributed by atoms with Gasteiger partial charge >= 0.3 is 0 Å². The van der Waals surface area contributed by atoms with Gasteiger partial charge < -0.3 is 9.52 Å². The van der Waals surface area contributed by atoms with Gasteiger partial charge in [0.05, 0.1) is 11.9 Å². The number of aromatic nitrogens is 2. The second-order valence-corrected chi connectivity index (χ2v) is 5.49. The summed E-state index contributed by atoms with van der Waals surface area (Å²) in [4.78, 5) is 0. The third kappa shape index (κ3) is 3.34. The average molecular weight is 264 g/mol. The van der Waals surface area contributed by atoms with Gasteiger partial charge in [-0.2, -0.15) is 0 Å². The summed E-state index contributed by atoms with van der Waals surface area (Å²) in [6.07, 6.45) is -0.341. The summed E-state index contributed by atoms with van der Waals surface area (Å²) in [5.41, 5.74) is 0.921. The lowest BCUT2D eigenvalue weighted by Gasteiger charge is -2.11. The Morgan fingerprint density at radius 2 is 1.94 bits per heavy atom. The molecule has 1 N–H and O–H groups in total. The van der Waals surface area contributed by atoms with Gasteiger partial charge in [-0.15, -0.1) is 22.0 Å². The molecule has 0 amide bonds. The maximum Gasteiger partial charge on any atom is 0.247 e. The van der Waals surface area contributed by atoms with Crippen LogP contribution in [0.5, 0.6) is 0 Å². The molecule has 0 bridgehead atoms. The molecule has 0 aliphatic heterocycles. The van der Waals surface area contributed by atoms with Gasteiger partial charge in [0, 0.05) is 10.8 Å². The van der Waals surface area contributed by atoms with Crippen LogP contribution in [0.2, 0.25) is 0 Å². The van der Waals surface area contributed by atoms with Crippen molar-refractivity contribution < 1.29 is 9.52 Å². The van der Waals surface area contributed by atoms with Gasteiger partial charge in [-0.25, -0.2) is 0 Å². The van der Waals surface area contributed by atoms with Crippen LogP contribution < -0.4 is 0 Å². The van der Waals surface area contributed by atoms with Gasteiger partial charge in [0.15, 0.2) is 0 Å². The smallest absolute Gasteiger partial charge is 0.247 e. The molecule has 96 valence electrons. The molecule has 2 rings (SSSR count). The van der Waals surface area contributed by atoms with Crippen molar-refractivity contribution in [2.75, 3.05) is 0 Å². The molecule has 1 aromatic heterocycles. The van der Waals surface area contributed by atoms with Crippen molar-refractivity contribution in [2.45, 2.75) is 31.0 Å². The first-order valence-corrected chi connectivity index (χ1v) is 6.89. The molecule has 2 unspecified atom stereocenters. The summed E-state index contributed by atoms with van der Waals surface area (Å²) in [6, 6.07) is 9.68. The number of nitrogens with zero attached hydrogens (tertiary/aromatic N) is 2. The van der Waals surface area contributed by atoms with Crippen LogP contribution in [0.3, 0.4) is 0 Å². The molecule has 1 heterocycles. The monoisotopic (exact) mass is 264 g/mol. The minimum Gasteiger partial charge on any atom is -0.420 e. The van der Waals surface area contributed by atoms with Gasteiger partial charge in [-0.05, 0) is 19.1 Å². The van der Waals surface area contributed by atoms with Crippen LogP contribution in [0.4, 0.5) is 0 Å². The van der Waals surface area contributed by atoms with Crippen LogP contribution in [0.15, 0.2) is 34.7 Å². The molecule has 0 aliphatic carbocycles. The van der Waals surface area contributed by atoms with E-state index < -0.39 is 0 Å². The Morgan fingerprint density at radius 1 is 1.22 bits per heavy atom. The highest BCUT2D eigenvalue weighted by molar-refractivity contribution is 7.99. The highest BCUT2D eigenvalue weighted by Gasteiger charge is 2.13. The fourth-order valence-corrected chi connectivity index (χ4v) is 2.15. The molecule has 0 spiro atoms. The molecule has 2 atom stereocenters. The predicted molar refractivity (Wildman–Crippen MR) is 72.2 cm³/mol. The zero-order chi connectivity index (χ0) is 13.0. The fourth-order valence-electron chi connectivity index (χ4n) is 1.35. The number of hydrogen-bond donors (Lipinski definition) is 1. The largest absolute Gasteiger partial charge is 0.420 e. The summed E-state index contributed by atoms with van der Waals surface area (Å²) < 4.78 is 5.58. The minimum absolute atomic E-state index is 0.150. The van der Waals surface area contributed by atoms with E-state index in [0.717, 1.165) is 5.56 Å². The predicted octanol–water partition coefficient (Wildman–Crippen LogP) is 2.74. The van der Waals surface area contributed by atoms with Crippen LogP contribution in [-0.2, 0) is 5.75 Å². The van der Waals surface area contributed by atoms with Gasteiger partial charge in [0.25, 0.3) is 0 Å². The highest BCUT2D eigenvalue weighted by atomic mass is 32.2. The van der Waals surface area contributed by atoms with E-state index >= 15 is 0 Å². The van der Waals surface area contributed by atoms with Crippen molar-refractivity contribution in [3.63, 3.8) is 0 Å². The summed E-state index contributed by atoms with van der Waals surface area (Å²) in [5, 5.41) is 17.6. The second-order valence-electron chi connectivity index (χ2n) is 4.12. The number of aliphatic hydroxyl groups excluding tert-OH is 1. The Labute approximate surface area is 110 Å². The van der Waals surface area contributed by atoms with E-state index in [-0.39, 0.29) is 11.4 Å². The molecular formula is C13H16N2O2S. The first-order chi connectivity index (χ1) is 8.66. The van der Waals surface area contributed by atoms with E-state index in [9.17, 15) is 5.11 Å². The van der Waals surface area contributed by atoms with Crippen molar-refractivity contribution in [1.82, 2.24) is 10.2 Å². The lowest BCUT2D eigenvalue weighted by atomic mass is 10.2. The SMILES string of the molecule is CC(O)C(C)SCc1nnc(-c2ccccc2)o1. The first kappa shape index (κ1) is 13.1. The third-order valence-corrected chi connectivity index (χ3v) is 3.97. The Bertz CT molecular complexity index is 485. The molecule has 5 heteroatoms. The molecule has 2 aromatic rings. The van der Waals surface area contributed by atoms with Crippen LogP contribution in [0, 0.1) is 0 Å². The normalized spacial score (nSPS) is 14.4. The number of rotatable bonds is 5. The fraction of sp³-hybridized carbons (Fsp3) is 0.385. The Kier molecular flexibility index (Phi) is 4.38. The van der Waals surface area contributed by atoms with Crippen molar-refractivity contribution >= 4 is 11.8 Å². The molecule has 18 heavy (non-hydrogen) atoms. The Morgan fingerprint density at radius 3 is 2.61 bits per heavy atom. The van der Waals surface area contributed by atoms with E-state index in [0.29, 0.717) is 17.5 Å². The molecule has 0 saturated carbocycles. The van der Waals surface area contributed by atoms with Gasteiger partial charge in [0.1, 0.15) is 0 Å². The summed E-state index contributed by atoms with van der Waals surface area (Å²) >= 11 is 1.60. The van der Waals surface area contributed by atoms with Gasteiger partial charge in [-0.3, -0.25) is 0 Å². The quantitative estimate of drug-likeness (QED) is 0.899. The number of benzene rings is 1. The third-order valence-electron chi connectivity index (χ3n) is 2.64. The molecule has 0 fully saturated rings. The van der Waals surface area contributed by atoms with Crippen molar-refractivity contribution in [2.24, 2.45) is 0 Å². The van der Waals surface area contributed by atoms with Crippen molar-refractivity contribution in [3.05, 3.63) is 36.2 Å². The Hall–Kier alpha value is -1.33. The van der Waals surface area contributed by atoms with Crippen LogP contribution in [-0.4, -0.2) is 26.7 Å². The first-order valence-electron chi connectivity index (χ1n) is 5.84. The van der Waals surface area contributed by atoms with Crippen molar-refractivity contribution in [3.8, 4) is 11.5 Å². The molecule has 0 radical (unpaired) electrons. The maximum atomic E-state index is 9.39. The molecule has 0 saturated heterocycles. The topological polar surface area (TPSA) is 59.2 Å². The lowest BCUT2D eigenvalue weighted by Crippen LogP contribution is -2.15. The van der Waals surface area contributed by atoms with Crippen molar-refractivity contribution in [1.29, 1.82) is 0 Å². The maximum absolute atomic E-state index is 9.39. The van der Waals surface area contributed by atoms with Crippen LogP contribution in [0.1, 0.15) is 19.7 Å². The number of thioether (sulfide) groups is 1. The molecule has 4 nitrogen and oxygen atoms in total. The molecule has 1 aromatic carbocycles. The average Bonchev–Trinajstić information content (AvgIpc) is 2.85. The second kappa shape index (κ2) is 6.02. The van der Waals surface area contributed by atoms with E-state index in [1.807, 2.05) is 37.3 Å². The lowest BCUT2D eigenvalue weighted by molar-refractivity contribution is 0.196. The summed E-state index contributed by atoms with van der Waals surface area (Å²) in [5.74, 6) is 1.74. The summed E-state index contributed by atoms with van der Waals surface area (Å²) in [7, 11) is 0. The minimum atomic E-state index is -0.341. The van der Waals surface area contributed by atoms with E-state index in [1.54, 1.807) is 18.7 Å². The van der Waals surface area contributed by atoms with E-state index in [2.05, 4.69) is 10.2 Å². The molecule has 0 aliphatic rings. The molecular weight excluding hydrogens is 248 g/mol. The van der Waals surface area contributed by atoms with Gasteiger partial charge in [0.2, 0.25) is 11.8 Å². The zero-order valence-corrected chi connectivity index (χ0v) is 11.2. The van der Waals surface area contributed by atoms with E-state index in [1.165, 1.54) is 0 Å². The van der Waals surface area contributed by atoms with Crippen LogP contribution in [0.25, 0.3) is 11.5 Å². The standard InChI is InChI=1S/C13H16N2O2S/c1-9(16)10(2)18-8-12-14-15-13(17-12)11-6-4-3-5-7-11/h3-7,9-10,16H,8H2,1-2H3. The van der Waals surface area contributed by atoms with Gasteiger partial charge in [-0.1, -0.05) is 25.1 Å². The van der Waals surface area contributed by atoms with E-state index in [4.69, 9.17) is 4.42 Å². The number of hydrogen-bond acceptors (Lipinski definition) is 5. The Balaban J connectivity index is 1.99. The summed E-state index contributed by atoms with van der Waals surface area (Å²) in [6.45, 7) is 3.75. The number of aliphatic hydroxyl groups is 1. The van der Waals surface area contributed by atoms with Crippen LogP contribution >= 0.6 is 11.8 Å². The highest BCUT2D eigenvalue weighted by Crippen LogP contribution is 2.22.